The summed E-state index contributed by atoms with van der Waals surface area (Å²) >= 11 is 0. The molecule has 0 fully saturated rings. The van der Waals surface area contributed by atoms with E-state index in [4.69, 9.17) is 5.73 Å². The number of aliphatic imine (C=N–C) groups is 1. The molecule has 0 aromatic heterocycles. The van der Waals surface area contributed by atoms with E-state index in [1.807, 2.05) is 12.3 Å². The molecular weight excluding hydrogens is 198 g/mol. The average molecular weight is 213 g/mol. The van der Waals surface area contributed by atoms with Gasteiger partial charge in [-0.25, -0.2) is 0 Å². The third-order valence-electron chi connectivity index (χ3n) is 2.59. The summed E-state index contributed by atoms with van der Waals surface area (Å²) in [6.45, 7) is 5.71. The van der Waals surface area contributed by atoms with Crippen LogP contribution in [0.25, 0.3) is 6.08 Å². The van der Waals surface area contributed by atoms with E-state index in [0.717, 1.165) is 23.2 Å². The van der Waals surface area contributed by atoms with Gasteiger partial charge in [0.25, 0.3) is 0 Å². The molecule has 0 saturated heterocycles. The zero-order valence-electron chi connectivity index (χ0n) is 9.33. The number of nitrogens with two attached hydrogens (primary N) is 1. The molecule has 1 unspecified atom stereocenters. The highest BCUT2D eigenvalue weighted by atomic mass is 15.2. The largest absolute Gasteiger partial charge is 0.351 e. The minimum Gasteiger partial charge on any atom is -0.351 e. The number of nitrogens with one attached hydrogen (secondary N) is 1. The van der Waals surface area contributed by atoms with E-state index in [1.54, 1.807) is 0 Å². The van der Waals surface area contributed by atoms with Crippen LogP contribution in [0.15, 0.2) is 29.4 Å². The van der Waals surface area contributed by atoms with Crippen LogP contribution < -0.4 is 11.1 Å². The number of rotatable bonds is 2. The van der Waals surface area contributed by atoms with Gasteiger partial charge in [0.2, 0.25) is 0 Å². The summed E-state index contributed by atoms with van der Waals surface area (Å²) in [7, 11) is 0. The predicted octanol–water partition coefficient (Wildman–Crippen LogP) is 2.13. The van der Waals surface area contributed by atoms with Gasteiger partial charge in [0, 0.05) is 17.5 Å². The molecule has 1 heterocycles. The second kappa shape index (κ2) is 4.35. The highest BCUT2D eigenvalue weighted by Crippen LogP contribution is 2.26. The van der Waals surface area contributed by atoms with Gasteiger partial charge in [-0.05, 0) is 35.8 Å². The van der Waals surface area contributed by atoms with Crippen LogP contribution in [-0.4, -0.2) is 12.5 Å². The van der Waals surface area contributed by atoms with Crippen LogP contribution in [0.4, 0.5) is 5.69 Å². The van der Waals surface area contributed by atoms with Gasteiger partial charge in [-0.1, -0.05) is 13.5 Å². The normalized spacial score (nSPS) is 17.2. The molecule has 3 N–H and O–H groups in total. The zero-order valence-corrected chi connectivity index (χ0v) is 9.33. The van der Waals surface area contributed by atoms with E-state index in [1.165, 1.54) is 5.56 Å². The van der Waals surface area contributed by atoms with Crippen LogP contribution in [0.1, 0.15) is 23.6 Å². The van der Waals surface area contributed by atoms with E-state index >= 15 is 0 Å². The van der Waals surface area contributed by atoms with Gasteiger partial charge in [-0.15, -0.1) is 5.73 Å². The summed E-state index contributed by atoms with van der Waals surface area (Å²) in [5.74, 6) is 0. The van der Waals surface area contributed by atoms with E-state index in [-0.39, 0.29) is 6.29 Å². The first-order chi connectivity index (χ1) is 7.74. The van der Waals surface area contributed by atoms with Crippen LogP contribution in [0, 0.1) is 0 Å². The molecular formula is C13H15N3. The topological polar surface area (TPSA) is 50.4 Å². The maximum absolute atomic E-state index is 5.73. The van der Waals surface area contributed by atoms with Crippen molar-refractivity contribution >= 4 is 18.0 Å². The van der Waals surface area contributed by atoms with Gasteiger partial charge in [-0.3, -0.25) is 10.7 Å². The Morgan fingerprint density at radius 3 is 3.12 bits per heavy atom. The van der Waals surface area contributed by atoms with E-state index in [0.29, 0.717) is 0 Å². The smallest absolute Gasteiger partial charge is 0.171 e. The molecule has 1 aromatic carbocycles. The Labute approximate surface area is 95.4 Å². The highest BCUT2D eigenvalue weighted by molar-refractivity contribution is 5.92. The molecule has 82 valence electrons. The minimum absolute atomic E-state index is 0.335. The lowest BCUT2D eigenvalue weighted by atomic mass is 10.00. The molecule has 0 saturated carbocycles. The third kappa shape index (κ3) is 1.91. The number of benzene rings is 1. The third-order valence-corrected chi connectivity index (χ3v) is 2.59. The Morgan fingerprint density at radius 2 is 2.44 bits per heavy atom. The van der Waals surface area contributed by atoms with Crippen molar-refractivity contribution in [1.29, 1.82) is 0 Å². The molecule has 1 aliphatic heterocycles. The van der Waals surface area contributed by atoms with Crippen LogP contribution in [0.2, 0.25) is 0 Å². The van der Waals surface area contributed by atoms with Gasteiger partial charge in [0.05, 0.1) is 0 Å². The second-order valence-corrected chi connectivity index (χ2v) is 3.71. The number of hydrogen-bond donors (Lipinski definition) is 2. The van der Waals surface area contributed by atoms with Gasteiger partial charge < -0.3 is 5.32 Å². The maximum Gasteiger partial charge on any atom is 0.171 e. The number of nitrogens with zero attached hydrogens (tertiary/aromatic N) is 1. The van der Waals surface area contributed by atoms with Crippen LogP contribution >= 0.6 is 0 Å². The van der Waals surface area contributed by atoms with Crippen molar-refractivity contribution in [1.82, 2.24) is 0 Å². The van der Waals surface area contributed by atoms with Crippen molar-refractivity contribution in [3.8, 4) is 0 Å². The summed E-state index contributed by atoms with van der Waals surface area (Å²) < 4.78 is 0. The Morgan fingerprint density at radius 1 is 1.62 bits per heavy atom. The molecule has 2 rings (SSSR count). The lowest BCUT2D eigenvalue weighted by Crippen LogP contribution is -2.31. The second-order valence-electron chi connectivity index (χ2n) is 3.71. The van der Waals surface area contributed by atoms with Crippen molar-refractivity contribution in [3.05, 3.63) is 41.1 Å². The summed E-state index contributed by atoms with van der Waals surface area (Å²) in [6.07, 6.45) is 4.30. The molecule has 3 nitrogen and oxygen atoms in total. The van der Waals surface area contributed by atoms with E-state index in [2.05, 4.69) is 41.7 Å². The first-order valence-electron chi connectivity index (χ1n) is 5.32. The van der Waals surface area contributed by atoms with Crippen molar-refractivity contribution in [2.24, 2.45) is 10.7 Å². The van der Waals surface area contributed by atoms with Crippen molar-refractivity contribution in [2.75, 3.05) is 5.32 Å². The summed E-state index contributed by atoms with van der Waals surface area (Å²) in [5.41, 5.74) is 13.0. The molecule has 0 aliphatic carbocycles. The lowest BCUT2D eigenvalue weighted by Gasteiger charge is -2.21. The van der Waals surface area contributed by atoms with Crippen LogP contribution in [-0.2, 0) is 6.42 Å². The van der Waals surface area contributed by atoms with E-state index in [9.17, 15) is 0 Å². The standard InChI is InChI=1S/C13H15N3/c1-3-5-9-6-10(4-2)12-11(7-9)8-15-13(14)16-12/h5-8,13,16H,1,4,14H2,2H3. The first kappa shape index (κ1) is 10.7. The Kier molecular flexibility index (Phi) is 2.91. The zero-order chi connectivity index (χ0) is 11.5. The Hall–Kier alpha value is -1.83. The molecule has 3 heteroatoms. The van der Waals surface area contributed by atoms with Crippen molar-refractivity contribution in [2.45, 2.75) is 19.6 Å². The fraction of sp³-hybridized carbons (Fsp3) is 0.231. The number of aryl methyl sites for hydroxylation is 1. The van der Waals surface area contributed by atoms with Gasteiger partial charge in [0.15, 0.2) is 6.29 Å². The molecule has 0 radical (unpaired) electrons. The molecule has 0 amide bonds. The average Bonchev–Trinajstić information content (AvgIpc) is 2.29. The highest BCUT2D eigenvalue weighted by Gasteiger charge is 2.13. The fourth-order valence-electron chi connectivity index (χ4n) is 1.86. The fourth-order valence-corrected chi connectivity index (χ4v) is 1.86. The maximum atomic E-state index is 5.73. The van der Waals surface area contributed by atoms with E-state index < -0.39 is 0 Å². The summed E-state index contributed by atoms with van der Waals surface area (Å²) in [4.78, 5) is 4.14. The molecule has 0 bridgehead atoms. The monoisotopic (exact) mass is 213 g/mol. The van der Waals surface area contributed by atoms with Gasteiger partial charge >= 0.3 is 0 Å². The summed E-state index contributed by atoms with van der Waals surface area (Å²) in [6, 6.07) is 4.17. The van der Waals surface area contributed by atoms with Gasteiger partial charge in [0.1, 0.15) is 0 Å². The number of hydrogen-bond acceptors (Lipinski definition) is 3. The predicted molar refractivity (Wildman–Crippen MR) is 68.6 cm³/mol. The molecule has 1 aliphatic rings. The van der Waals surface area contributed by atoms with Crippen LogP contribution in [0.5, 0.6) is 0 Å². The van der Waals surface area contributed by atoms with Crippen LogP contribution in [0.3, 0.4) is 0 Å². The number of fused-ring (bicyclic) bond motifs is 1. The minimum atomic E-state index is -0.335. The SMILES string of the molecule is C=C=Cc1cc2c(c(CC)c1)NC(N)N=C2. The molecule has 1 atom stereocenters. The van der Waals surface area contributed by atoms with Crippen molar-refractivity contribution in [3.63, 3.8) is 0 Å². The lowest BCUT2D eigenvalue weighted by molar-refractivity contribution is 0.802. The molecule has 1 aromatic rings. The summed E-state index contributed by atoms with van der Waals surface area (Å²) in [5, 5.41) is 3.18. The molecule has 16 heavy (non-hydrogen) atoms. The Bertz CT molecular complexity index is 482. The first-order valence-corrected chi connectivity index (χ1v) is 5.32. The van der Waals surface area contributed by atoms with Gasteiger partial charge in [-0.2, -0.15) is 0 Å². The number of anilines is 1. The Balaban J connectivity index is 2.56. The van der Waals surface area contributed by atoms with Crippen molar-refractivity contribution < 1.29 is 0 Å². The molecule has 0 spiro atoms. The quantitative estimate of drug-likeness (QED) is 0.739.